The number of benzene rings is 3. The van der Waals surface area contributed by atoms with E-state index in [9.17, 15) is 18.3 Å². The summed E-state index contributed by atoms with van der Waals surface area (Å²) in [7, 11) is -0.720. The minimum Gasteiger partial charge on any atom is -0.493 e. The molecule has 2 amide bonds. The van der Waals surface area contributed by atoms with Crippen LogP contribution in [0.5, 0.6) is 23.0 Å². The maximum absolute atomic E-state index is 13.6. The van der Waals surface area contributed by atoms with Gasteiger partial charge in [-0.1, -0.05) is 32.4 Å². The zero-order valence-electron chi connectivity index (χ0n) is 28.2. The van der Waals surface area contributed by atoms with Crippen LogP contribution in [0.4, 0.5) is 10.5 Å². The lowest BCUT2D eigenvalue weighted by Crippen LogP contribution is -2.43. The van der Waals surface area contributed by atoms with Crippen LogP contribution in [0.25, 0.3) is 0 Å². The van der Waals surface area contributed by atoms with Gasteiger partial charge >= 0.3 is 6.03 Å². The topological polar surface area (TPSA) is 153 Å². The molecule has 0 bridgehead atoms. The Morgan fingerprint density at radius 1 is 0.917 bits per heavy atom. The van der Waals surface area contributed by atoms with Crippen molar-refractivity contribution < 1.29 is 37.3 Å². The fourth-order valence-electron chi connectivity index (χ4n) is 5.46. The fourth-order valence-corrected chi connectivity index (χ4v) is 7.12. The molecule has 4 rings (SSSR count). The molecule has 0 saturated heterocycles. The molecule has 1 aliphatic heterocycles. The number of nitrogens with one attached hydrogen (secondary N) is 1. The van der Waals surface area contributed by atoms with Crippen LogP contribution < -0.4 is 30.0 Å². The highest BCUT2D eigenvalue weighted by atomic mass is 32.2. The number of aliphatic hydroxyl groups excluding tert-OH is 1. The predicted octanol–water partition coefficient (Wildman–Crippen LogP) is 4.99. The van der Waals surface area contributed by atoms with Gasteiger partial charge in [0.15, 0.2) is 23.0 Å². The van der Waals surface area contributed by atoms with E-state index in [-0.39, 0.29) is 36.8 Å². The first-order valence-corrected chi connectivity index (χ1v) is 17.6. The highest BCUT2D eigenvalue weighted by Gasteiger charge is 2.31. The second-order valence-corrected chi connectivity index (χ2v) is 14.1. The number of fused-ring (bicyclic) bond motifs is 1. The first kappa shape index (κ1) is 36.6. The number of nitrogen functional groups attached to an aromatic ring is 1. The zero-order valence-corrected chi connectivity index (χ0v) is 29.0. The molecule has 1 heterocycles. The Balaban J connectivity index is 1.40. The lowest BCUT2D eigenvalue weighted by atomic mass is 10.1. The quantitative estimate of drug-likeness (QED) is 0.124. The standard InChI is InChI=1S/C35H48N4O8S/c1-25(2)16-18-39(48(42,43)30-12-10-28(36)11-13-30)29(23-40)7-5-6-17-37-35(41)38(21-26-8-14-31(44-3)33(19-26)45-4)22-27-9-15-32-34(20-27)47-24-46-32/h8-15,19-20,25,29,40H,5-7,16-18,21-24,36H2,1-4H3,(H,37,41)/t29-/m0/s1. The number of ether oxygens (including phenoxy) is 4. The first-order chi connectivity index (χ1) is 23.0. The number of methoxy groups -OCH3 is 2. The molecule has 12 nitrogen and oxygen atoms in total. The van der Waals surface area contributed by atoms with Crippen molar-refractivity contribution in [1.82, 2.24) is 14.5 Å². The molecule has 0 saturated carbocycles. The second kappa shape index (κ2) is 17.3. The molecule has 0 aromatic heterocycles. The lowest BCUT2D eigenvalue weighted by molar-refractivity contribution is 0.172. The molecule has 3 aromatic rings. The summed E-state index contributed by atoms with van der Waals surface area (Å²) in [6.45, 7) is 5.20. The molecule has 0 unspecified atom stereocenters. The van der Waals surface area contributed by atoms with Gasteiger partial charge in [0.1, 0.15) is 0 Å². The SMILES string of the molecule is COc1ccc(CN(Cc2ccc3c(c2)OCO3)C(=O)NCCCC[C@@H](CO)N(CCC(C)C)S(=O)(=O)c2ccc(N)cc2)cc1OC. The normalized spacial score (nSPS) is 13.1. The number of urea groups is 1. The molecule has 0 spiro atoms. The molecular weight excluding hydrogens is 636 g/mol. The molecular formula is C35H48N4O8S. The maximum Gasteiger partial charge on any atom is 0.318 e. The predicted molar refractivity (Wildman–Crippen MR) is 184 cm³/mol. The number of carbonyl (C=O) groups excluding carboxylic acids is 1. The summed E-state index contributed by atoms with van der Waals surface area (Å²) in [5, 5.41) is 13.3. The number of nitrogens with two attached hydrogens (primary N) is 1. The van der Waals surface area contributed by atoms with Gasteiger partial charge in [0.2, 0.25) is 16.8 Å². The van der Waals surface area contributed by atoms with Gasteiger partial charge in [-0.2, -0.15) is 4.31 Å². The Morgan fingerprint density at radius 2 is 1.58 bits per heavy atom. The molecule has 1 aliphatic rings. The Hall–Kier alpha value is -4.20. The molecule has 4 N–H and O–H groups in total. The number of rotatable bonds is 18. The Labute approximate surface area is 283 Å². The van der Waals surface area contributed by atoms with Crippen molar-refractivity contribution in [3.63, 3.8) is 0 Å². The minimum atomic E-state index is -3.86. The van der Waals surface area contributed by atoms with Crippen molar-refractivity contribution in [2.45, 2.75) is 63.6 Å². The second-order valence-electron chi connectivity index (χ2n) is 12.2. The molecule has 0 radical (unpaired) electrons. The molecule has 262 valence electrons. The summed E-state index contributed by atoms with van der Waals surface area (Å²) in [6, 6.07) is 16.4. The first-order valence-electron chi connectivity index (χ1n) is 16.2. The Morgan fingerprint density at radius 3 is 2.25 bits per heavy atom. The number of anilines is 1. The van der Waals surface area contributed by atoms with E-state index in [0.717, 1.165) is 11.1 Å². The van der Waals surface area contributed by atoms with Gasteiger partial charge in [-0.25, -0.2) is 13.2 Å². The lowest BCUT2D eigenvalue weighted by Gasteiger charge is -2.30. The number of nitrogens with zero attached hydrogens (tertiary/aromatic N) is 2. The minimum absolute atomic E-state index is 0.142. The summed E-state index contributed by atoms with van der Waals surface area (Å²) in [5.74, 6) is 2.75. The summed E-state index contributed by atoms with van der Waals surface area (Å²) < 4.78 is 50.5. The van der Waals surface area contributed by atoms with Gasteiger partial charge in [-0.05, 0) is 84.8 Å². The molecule has 1 atom stereocenters. The number of aliphatic hydroxyl groups is 1. The number of sulfonamides is 1. The highest BCUT2D eigenvalue weighted by molar-refractivity contribution is 7.89. The molecule has 3 aromatic carbocycles. The van der Waals surface area contributed by atoms with E-state index in [1.807, 2.05) is 44.2 Å². The molecule has 13 heteroatoms. The van der Waals surface area contributed by atoms with Crippen LogP contribution in [-0.4, -0.2) is 75.5 Å². The van der Waals surface area contributed by atoms with Gasteiger partial charge in [-0.3, -0.25) is 0 Å². The van der Waals surface area contributed by atoms with E-state index in [4.69, 9.17) is 24.7 Å². The van der Waals surface area contributed by atoms with E-state index in [0.29, 0.717) is 74.0 Å². The van der Waals surface area contributed by atoms with Crippen molar-refractivity contribution in [2.24, 2.45) is 5.92 Å². The van der Waals surface area contributed by atoms with Crippen molar-refractivity contribution in [1.29, 1.82) is 0 Å². The number of amides is 2. The average molecular weight is 685 g/mol. The molecule has 0 aliphatic carbocycles. The number of hydrogen-bond donors (Lipinski definition) is 3. The van der Waals surface area contributed by atoms with Gasteiger partial charge in [0.05, 0.1) is 25.7 Å². The van der Waals surface area contributed by atoms with Crippen LogP contribution in [0.1, 0.15) is 50.7 Å². The monoisotopic (exact) mass is 684 g/mol. The van der Waals surface area contributed by atoms with Crippen LogP contribution in [0.2, 0.25) is 0 Å². The molecule has 0 fully saturated rings. The highest BCUT2D eigenvalue weighted by Crippen LogP contribution is 2.33. The van der Waals surface area contributed by atoms with Crippen molar-refractivity contribution in [3.05, 3.63) is 71.8 Å². The fraction of sp³-hybridized carbons (Fsp3) is 0.457. The summed E-state index contributed by atoms with van der Waals surface area (Å²) >= 11 is 0. The van der Waals surface area contributed by atoms with E-state index < -0.39 is 16.1 Å². The smallest absolute Gasteiger partial charge is 0.318 e. The van der Waals surface area contributed by atoms with E-state index in [2.05, 4.69) is 5.32 Å². The van der Waals surface area contributed by atoms with Crippen molar-refractivity contribution in [3.8, 4) is 23.0 Å². The summed E-state index contributed by atoms with van der Waals surface area (Å²) in [6.07, 6.45) is 2.28. The Kier molecular flexibility index (Phi) is 13.2. The van der Waals surface area contributed by atoms with Gasteiger partial charge in [-0.15, -0.1) is 0 Å². The van der Waals surface area contributed by atoms with E-state index in [1.165, 1.54) is 16.4 Å². The van der Waals surface area contributed by atoms with Gasteiger partial charge < -0.3 is 40.0 Å². The third-order valence-corrected chi connectivity index (χ3v) is 10.2. The largest absolute Gasteiger partial charge is 0.493 e. The third-order valence-electron chi connectivity index (χ3n) is 8.19. The average Bonchev–Trinajstić information content (AvgIpc) is 3.55. The van der Waals surface area contributed by atoms with E-state index >= 15 is 0 Å². The number of carbonyl (C=O) groups is 1. The zero-order chi connectivity index (χ0) is 34.7. The van der Waals surface area contributed by atoms with Crippen LogP contribution in [0.15, 0.2) is 65.6 Å². The van der Waals surface area contributed by atoms with Crippen LogP contribution in [0, 0.1) is 5.92 Å². The molecule has 48 heavy (non-hydrogen) atoms. The van der Waals surface area contributed by atoms with Crippen LogP contribution >= 0.6 is 0 Å². The van der Waals surface area contributed by atoms with E-state index in [1.54, 1.807) is 37.3 Å². The maximum atomic E-state index is 13.6. The van der Waals surface area contributed by atoms with Crippen molar-refractivity contribution in [2.75, 3.05) is 46.4 Å². The van der Waals surface area contributed by atoms with Gasteiger partial charge in [0.25, 0.3) is 0 Å². The van der Waals surface area contributed by atoms with Crippen LogP contribution in [0.3, 0.4) is 0 Å². The van der Waals surface area contributed by atoms with Crippen LogP contribution in [-0.2, 0) is 23.1 Å². The Bertz CT molecular complexity index is 1600. The summed E-state index contributed by atoms with van der Waals surface area (Å²) in [4.78, 5) is 15.4. The number of unbranched alkanes of at least 4 members (excludes halogenated alkanes) is 1. The number of hydrogen-bond acceptors (Lipinski definition) is 9. The third kappa shape index (κ3) is 9.68. The van der Waals surface area contributed by atoms with Gasteiger partial charge in [0, 0.05) is 37.9 Å². The van der Waals surface area contributed by atoms with Crippen molar-refractivity contribution >= 4 is 21.7 Å². The summed E-state index contributed by atoms with van der Waals surface area (Å²) in [5.41, 5.74) is 7.99.